The lowest BCUT2D eigenvalue weighted by Crippen LogP contribution is -2.48. The zero-order valence-corrected chi connectivity index (χ0v) is 20.1. The van der Waals surface area contributed by atoms with Crippen LogP contribution in [0.5, 0.6) is 0 Å². The van der Waals surface area contributed by atoms with Crippen LogP contribution in [0.1, 0.15) is 38.1 Å². The van der Waals surface area contributed by atoms with Crippen molar-refractivity contribution in [2.45, 2.75) is 50.8 Å². The number of carbonyl (C=O) groups excluding carboxylic acids is 2. The minimum atomic E-state index is -3.81. The van der Waals surface area contributed by atoms with Crippen molar-refractivity contribution < 1.29 is 27.5 Å². The second-order valence-corrected chi connectivity index (χ2v) is 10.3. The molecule has 0 bridgehead atoms. The number of esters is 1. The van der Waals surface area contributed by atoms with E-state index in [1.165, 1.54) is 28.6 Å². The predicted molar refractivity (Wildman–Crippen MR) is 125 cm³/mol. The molecule has 8 nitrogen and oxygen atoms in total. The first-order chi connectivity index (χ1) is 15.6. The van der Waals surface area contributed by atoms with Gasteiger partial charge < -0.3 is 14.4 Å². The van der Waals surface area contributed by atoms with E-state index in [9.17, 15) is 18.0 Å². The number of carbonyl (C=O) groups is 2. The van der Waals surface area contributed by atoms with E-state index in [4.69, 9.17) is 9.47 Å². The van der Waals surface area contributed by atoms with Crippen LogP contribution in [-0.4, -0.2) is 62.5 Å². The number of morpholine rings is 1. The maximum atomic E-state index is 13.1. The highest BCUT2D eigenvalue weighted by Crippen LogP contribution is 2.22. The summed E-state index contributed by atoms with van der Waals surface area (Å²) in [6, 6.07) is 14.7. The second kappa shape index (κ2) is 10.5. The molecule has 33 heavy (non-hydrogen) atoms. The highest BCUT2D eigenvalue weighted by Gasteiger charge is 2.32. The van der Waals surface area contributed by atoms with E-state index in [0.717, 1.165) is 0 Å². The molecular weight excluding hydrogens is 444 g/mol. The van der Waals surface area contributed by atoms with Crippen LogP contribution >= 0.6 is 0 Å². The third kappa shape index (κ3) is 5.98. The highest BCUT2D eigenvalue weighted by atomic mass is 32.2. The van der Waals surface area contributed by atoms with Gasteiger partial charge in [0.1, 0.15) is 0 Å². The van der Waals surface area contributed by atoms with Gasteiger partial charge in [-0.1, -0.05) is 24.3 Å². The molecular formula is C24H30N2O6S. The molecule has 0 aromatic heterocycles. The summed E-state index contributed by atoms with van der Waals surface area (Å²) in [6.45, 7) is 7.39. The average Bonchev–Trinajstić information content (AvgIpc) is 2.77. The van der Waals surface area contributed by atoms with Crippen LogP contribution < -0.4 is 4.90 Å². The zero-order chi connectivity index (χ0) is 24.2. The molecule has 1 heterocycles. The summed E-state index contributed by atoms with van der Waals surface area (Å²) in [5, 5.41) is 0. The summed E-state index contributed by atoms with van der Waals surface area (Å²) in [6.07, 6.45) is -0.451. The van der Waals surface area contributed by atoms with E-state index in [0.29, 0.717) is 5.69 Å². The monoisotopic (exact) mass is 474 g/mol. The van der Waals surface area contributed by atoms with Gasteiger partial charge in [0.2, 0.25) is 10.0 Å². The molecule has 1 amide bonds. The topological polar surface area (TPSA) is 93.2 Å². The standard InChI is InChI=1S/C24H30N2O6S/c1-17(2)26(21-10-6-5-7-11-21)23(27)16-31-24(28)20-9-8-12-22(13-20)33(29,30)25-14-18(3)32-19(4)15-25/h5-13,17-19H,14-16H2,1-4H3. The van der Waals surface area contributed by atoms with Crippen LogP contribution in [0.3, 0.4) is 0 Å². The van der Waals surface area contributed by atoms with Gasteiger partial charge in [0.15, 0.2) is 6.61 Å². The van der Waals surface area contributed by atoms with E-state index in [1.807, 2.05) is 45.9 Å². The quantitative estimate of drug-likeness (QED) is 0.573. The lowest BCUT2D eigenvalue weighted by molar-refractivity contribution is -0.122. The summed E-state index contributed by atoms with van der Waals surface area (Å²) in [5.74, 6) is -1.13. The van der Waals surface area contributed by atoms with Crippen molar-refractivity contribution in [3.63, 3.8) is 0 Å². The number of nitrogens with zero attached hydrogens (tertiary/aromatic N) is 2. The van der Waals surface area contributed by atoms with Gasteiger partial charge in [0, 0.05) is 24.8 Å². The van der Waals surface area contributed by atoms with Crippen LogP contribution in [0.2, 0.25) is 0 Å². The Kier molecular flexibility index (Phi) is 7.88. The fourth-order valence-electron chi connectivity index (χ4n) is 3.86. The van der Waals surface area contributed by atoms with Crippen molar-refractivity contribution in [3.05, 3.63) is 60.2 Å². The molecule has 9 heteroatoms. The van der Waals surface area contributed by atoms with Gasteiger partial charge in [-0.05, 0) is 58.0 Å². The molecule has 1 aliphatic heterocycles. The molecule has 2 aromatic rings. The summed E-state index contributed by atoms with van der Waals surface area (Å²) < 4.78 is 38.4. The first-order valence-electron chi connectivity index (χ1n) is 10.9. The Morgan fingerprint density at radius 3 is 2.30 bits per heavy atom. The third-order valence-corrected chi connectivity index (χ3v) is 7.07. The van der Waals surface area contributed by atoms with E-state index >= 15 is 0 Å². The van der Waals surface area contributed by atoms with Gasteiger partial charge in [-0.25, -0.2) is 13.2 Å². The molecule has 0 N–H and O–H groups in total. The molecule has 0 aliphatic carbocycles. The van der Waals surface area contributed by atoms with E-state index < -0.39 is 22.6 Å². The van der Waals surface area contributed by atoms with E-state index in [2.05, 4.69) is 0 Å². The van der Waals surface area contributed by atoms with Crippen LogP contribution in [0.15, 0.2) is 59.5 Å². The minimum absolute atomic E-state index is 0.00216. The van der Waals surface area contributed by atoms with Crippen molar-refractivity contribution in [1.82, 2.24) is 4.31 Å². The number of benzene rings is 2. The molecule has 0 radical (unpaired) electrons. The number of anilines is 1. The lowest BCUT2D eigenvalue weighted by Gasteiger charge is -2.34. The van der Waals surface area contributed by atoms with Gasteiger partial charge in [-0.2, -0.15) is 4.31 Å². The van der Waals surface area contributed by atoms with E-state index in [-0.39, 0.29) is 47.7 Å². The van der Waals surface area contributed by atoms with Crippen LogP contribution in [-0.2, 0) is 24.3 Å². The molecule has 2 aromatic carbocycles. The molecule has 2 atom stereocenters. The average molecular weight is 475 g/mol. The molecule has 0 spiro atoms. The maximum Gasteiger partial charge on any atom is 0.338 e. The lowest BCUT2D eigenvalue weighted by atomic mass is 10.2. The van der Waals surface area contributed by atoms with Crippen LogP contribution in [0, 0.1) is 0 Å². The number of hydrogen-bond acceptors (Lipinski definition) is 6. The highest BCUT2D eigenvalue weighted by molar-refractivity contribution is 7.89. The summed E-state index contributed by atoms with van der Waals surface area (Å²) in [7, 11) is -3.81. The van der Waals surface area contributed by atoms with Crippen molar-refractivity contribution in [2.24, 2.45) is 0 Å². The molecule has 1 aliphatic rings. The predicted octanol–water partition coefficient (Wildman–Crippen LogP) is 3.08. The first-order valence-corrected chi connectivity index (χ1v) is 12.3. The third-order valence-electron chi connectivity index (χ3n) is 5.24. The Labute approximate surface area is 195 Å². The number of para-hydroxylation sites is 1. The second-order valence-electron chi connectivity index (χ2n) is 8.38. The molecule has 1 saturated heterocycles. The summed E-state index contributed by atoms with van der Waals surface area (Å²) in [4.78, 5) is 26.9. The SMILES string of the molecule is CC1CN(S(=O)(=O)c2cccc(C(=O)OCC(=O)N(c3ccccc3)C(C)C)c2)CC(C)O1. The van der Waals surface area contributed by atoms with Gasteiger partial charge in [0.25, 0.3) is 5.91 Å². The number of ether oxygens (including phenoxy) is 2. The Hall–Kier alpha value is -2.75. The molecule has 0 saturated carbocycles. The molecule has 1 fully saturated rings. The van der Waals surface area contributed by atoms with Crippen LogP contribution in [0.25, 0.3) is 0 Å². The van der Waals surface area contributed by atoms with Gasteiger partial charge in [-0.15, -0.1) is 0 Å². The Morgan fingerprint density at radius 2 is 1.70 bits per heavy atom. The maximum absolute atomic E-state index is 13.1. The van der Waals surface area contributed by atoms with Crippen molar-refractivity contribution in [1.29, 1.82) is 0 Å². The van der Waals surface area contributed by atoms with Crippen molar-refractivity contribution >= 4 is 27.6 Å². The number of amides is 1. The number of sulfonamides is 1. The Morgan fingerprint density at radius 1 is 1.06 bits per heavy atom. The number of hydrogen-bond donors (Lipinski definition) is 0. The largest absolute Gasteiger partial charge is 0.452 e. The summed E-state index contributed by atoms with van der Waals surface area (Å²) >= 11 is 0. The molecule has 3 rings (SSSR count). The molecule has 178 valence electrons. The first kappa shape index (κ1) is 24.9. The van der Waals surface area contributed by atoms with E-state index in [1.54, 1.807) is 17.0 Å². The zero-order valence-electron chi connectivity index (χ0n) is 19.3. The van der Waals surface area contributed by atoms with Crippen LogP contribution in [0.4, 0.5) is 5.69 Å². The summed E-state index contributed by atoms with van der Waals surface area (Å²) in [5.41, 5.74) is 0.768. The minimum Gasteiger partial charge on any atom is -0.452 e. The fourth-order valence-corrected chi connectivity index (χ4v) is 5.50. The Bertz CT molecular complexity index is 1080. The fraction of sp³-hybridized carbons (Fsp3) is 0.417. The molecule has 2 unspecified atom stereocenters. The Balaban J connectivity index is 1.71. The van der Waals surface area contributed by atoms with Gasteiger partial charge in [0.05, 0.1) is 22.7 Å². The normalized spacial score (nSPS) is 19.3. The van der Waals surface area contributed by atoms with Crippen molar-refractivity contribution in [2.75, 3.05) is 24.6 Å². The van der Waals surface area contributed by atoms with Crippen molar-refractivity contribution in [3.8, 4) is 0 Å². The van der Waals surface area contributed by atoms with Gasteiger partial charge >= 0.3 is 5.97 Å². The smallest absolute Gasteiger partial charge is 0.338 e. The van der Waals surface area contributed by atoms with Gasteiger partial charge in [-0.3, -0.25) is 4.79 Å². The number of rotatable bonds is 7.